The van der Waals surface area contributed by atoms with Gasteiger partial charge < -0.3 is 10.1 Å². The maximum absolute atomic E-state index is 5.25. The second-order valence-electron chi connectivity index (χ2n) is 4.57. The van der Waals surface area contributed by atoms with Crippen molar-refractivity contribution >= 4 is 27.3 Å². The molecule has 0 bridgehead atoms. The van der Waals surface area contributed by atoms with E-state index in [0.717, 1.165) is 33.8 Å². The Morgan fingerprint density at radius 3 is 2.85 bits per heavy atom. The molecule has 0 atom stereocenters. The molecule has 0 aliphatic heterocycles. The molecule has 0 saturated heterocycles. The van der Waals surface area contributed by atoms with Crippen molar-refractivity contribution in [2.45, 2.75) is 27.0 Å². The van der Waals surface area contributed by atoms with Gasteiger partial charge in [-0.25, -0.2) is 4.98 Å². The fraction of sp³-hybridized carbons (Fsp3) is 0.400. The van der Waals surface area contributed by atoms with E-state index in [1.807, 2.05) is 0 Å². The highest BCUT2D eigenvalue weighted by molar-refractivity contribution is 9.10. The van der Waals surface area contributed by atoms with E-state index in [4.69, 9.17) is 9.72 Å². The number of methoxy groups -OCH3 is 1. The van der Waals surface area contributed by atoms with Crippen LogP contribution in [0.2, 0.25) is 0 Å². The van der Waals surface area contributed by atoms with Gasteiger partial charge in [0.1, 0.15) is 5.01 Å². The van der Waals surface area contributed by atoms with Crippen molar-refractivity contribution in [3.05, 3.63) is 38.8 Å². The first kappa shape index (κ1) is 15.6. The van der Waals surface area contributed by atoms with Crippen LogP contribution >= 0.6 is 27.3 Å². The molecule has 0 aliphatic rings. The van der Waals surface area contributed by atoms with Crippen LogP contribution < -0.4 is 5.32 Å². The molecule has 1 heterocycles. The van der Waals surface area contributed by atoms with E-state index in [9.17, 15) is 0 Å². The molecule has 1 aromatic heterocycles. The normalized spacial score (nSPS) is 11.0. The number of ether oxygens (including phenoxy) is 1. The third-order valence-corrected chi connectivity index (χ3v) is 5.01. The Morgan fingerprint density at radius 2 is 2.20 bits per heavy atom. The lowest BCUT2D eigenvalue weighted by Crippen LogP contribution is -2.12. The van der Waals surface area contributed by atoms with Crippen LogP contribution in [0.5, 0.6) is 0 Å². The van der Waals surface area contributed by atoms with Crippen LogP contribution in [0.1, 0.15) is 23.1 Å². The Hall–Kier alpha value is -0.750. The molecule has 0 aliphatic carbocycles. The third kappa shape index (κ3) is 3.67. The summed E-state index contributed by atoms with van der Waals surface area (Å²) in [5.41, 5.74) is 3.41. The van der Waals surface area contributed by atoms with Gasteiger partial charge in [0, 0.05) is 28.6 Å². The van der Waals surface area contributed by atoms with E-state index in [0.29, 0.717) is 6.61 Å². The standard InChI is InChI=1S/C15H19BrN2OS/c1-4-17-8-14-13(9-19-3)18-15(20-14)11-6-5-10(2)12(16)7-11/h5-7,17H,4,8-9H2,1-3H3. The average molecular weight is 355 g/mol. The molecule has 0 radical (unpaired) electrons. The summed E-state index contributed by atoms with van der Waals surface area (Å²) < 4.78 is 6.37. The molecule has 1 aromatic carbocycles. The molecule has 2 rings (SSSR count). The van der Waals surface area contributed by atoms with Crippen molar-refractivity contribution in [1.82, 2.24) is 10.3 Å². The quantitative estimate of drug-likeness (QED) is 0.846. The molecule has 20 heavy (non-hydrogen) atoms. The van der Waals surface area contributed by atoms with Crippen molar-refractivity contribution in [1.29, 1.82) is 0 Å². The van der Waals surface area contributed by atoms with Gasteiger partial charge in [-0.2, -0.15) is 0 Å². The molecular weight excluding hydrogens is 336 g/mol. The van der Waals surface area contributed by atoms with Crippen LogP contribution in [0.25, 0.3) is 10.6 Å². The summed E-state index contributed by atoms with van der Waals surface area (Å²) >= 11 is 5.31. The van der Waals surface area contributed by atoms with Crippen molar-refractivity contribution in [3.8, 4) is 10.6 Å². The van der Waals surface area contributed by atoms with Gasteiger partial charge in [-0.05, 0) is 25.1 Å². The molecule has 1 N–H and O–H groups in total. The zero-order chi connectivity index (χ0) is 14.5. The van der Waals surface area contributed by atoms with E-state index in [-0.39, 0.29) is 0 Å². The Bertz CT molecular complexity index is 583. The summed E-state index contributed by atoms with van der Waals surface area (Å²) in [4.78, 5) is 5.98. The Morgan fingerprint density at radius 1 is 1.40 bits per heavy atom. The zero-order valence-corrected chi connectivity index (χ0v) is 14.4. The second kappa shape index (κ2) is 7.31. The average Bonchev–Trinajstić information content (AvgIpc) is 2.83. The smallest absolute Gasteiger partial charge is 0.124 e. The van der Waals surface area contributed by atoms with Crippen LogP contribution in [0.15, 0.2) is 22.7 Å². The van der Waals surface area contributed by atoms with Crippen LogP contribution in [0.3, 0.4) is 0 Å². The number of hydrogen-bond donors (Lipinski definition) is 1. The van der Waals surface area contributed by atoms with Crippen LogP contribution in [-0.2, 0) is 17.9 Å². The zero-order valence-electron chi connectivity index (χ0n) is 12.0. The lowest BCUT2D eigenvalue weighted by Gasteiger charge is -2.00. The minimum atomic E-state index is 0.560. The molecule has 0 spiro atoms. The van der Waals surface area contributed by atoms with Gasteiger partial charge in [-0.15, -0.1) is 11.3 Å². The van der Waals surface area contributed by atoms with Crippen LogP contribution in [0.4, 0.5) is 0 Å². The Kier molecular flexibility index (Phi) is 5.72. The number of hydrogen-bond acceptors (Lipinski definition) is 4. The summed E-state index contributed by atoms with van der Waals surface area (Å²) in [6, 6.07) is 6.36. The van der Waals surface area contributed by atoms with Gasteiger partial charge in [0.2, 0.25) is 0 Å². The summed E-state index contributed by atoms with van der Waals surface area (Å²) in [6.07, 6.45) is 0. The SMILES string of the molecule is CCNCc1sc(-c2ccc(C)c(Br)c2)nc1COC. The molecule has 5 heteroatoms. The predicted octanol–water partition coefficient (Wildman–Crippen LogP) is 4.14. The number of thiazole rings is 1. The maximum atomic E-state index is 5.25. The molecule has 2 aromatic rings. The number of aryl methyl sites for hydroxylation is 1. The number of nitrogens with zero attached hydrogens (tertiary/aromatic N) is 1. The number of benzene rings is 1. The second-order valence-corrected chi connectivity index (χ2v) is 6.50. The van der Waals surface area contributed by atoms with Crippen molar-refractivity contribution in [2.24, 2.45) is 0 Å². The van der Waals surface area contributed by atoms with Crippen molar-refractivity contribution in [3.63, 3.8) is 0 Å². The molecular formula is C15H19BrN2OS. The van der Waals surface area contributed by atoms with E-state index in [2.05, 4.69) is 53.3 Å². The Balaban J connectivity index is 2.33. The van der Waals surface area contributed by atoms with Crippen LogP contribution in [-0.4, -0.2) is 18.6 Å². The van der Waals surface area contributed by atoms with Gasteiger partial charge in [0.25, 0.3) is 0 Å². The summed E-state index contributed by atoms with van der Waals surface area (Å²) in [6.45, 7) is 6.55. The number of aromatic nitrogens is 1. The number of rotatable bonds is 6. The van der Waals surface area contributed by atoms with E-state index >= 15 is 0 Å². The summed E-state index contributed by atoms with van der Waals surface area (Å²) in [5, 5.41) is 4.40. The topological polar surface area (TPSA) is 34.2 Å². The monoisotopic (exact) mass is 354 g/mol. The van der Waals surface area contributed by atoms with Gasteiger partial charge in [-0.3, -0.25) is 0 Å². The molecule has 0 fully saturated rings. The largest absolute Gasteiger partial charge is 0.378 e. The first-order valence-electron chi connectivity index (χ1n) is 6.60. The fourth-order valence-corrected chi connectivity index (χ4v) is 3.27. The fourth-order valence-electron chi connectivity index (χ4n) is 1.86. The van der Waals surface area contributed by atoms with Gasteiger partial charge >= 0.3 is 0 Å². The molecule has 0 saturated carbocycles. The predicted molar refractivity (Wildman–Crippen MR) is 88.1 cm³/mol. The first-order chi connectivity index (χ1) is 9.65. The van der Waals surface area contributed by atoms with E-state index in [1.165, 1.54) is 10.4 Å². The summed E-state index contributed by atoms with van der Waals surface area (Å²) in [5.74, 6) is 0. The molecule has 0 amide bonds. The van der Waals surface area contributed by atoms with Gasteiger partial charge in [0.15, 0.2) is 0 Å². The third-order valence-electron chi connectivity index (χ3n) is 3.01. The highest BCUT2D eigenvalue weighted by atomic mass is 79.9. The van der Waals surface area contributed by atoms with Crippen molar-refractivity contribution < 1.29 is 4.74 Å². The minimum Gasteiger partial charge on any atom is -0.378 e. The molecule has 0 unspecified atom stereocenters. The first-order valence-corrected chi connectivity index (χ1v) is 8.21. The van der Waals surface area contributed by atoms with Gasteiger partial charge in [0.05, 0.1) is 12.3 Å². The minimum absolute atomic E-state index is 0.560. The van der Waals surface area contributed by atoms with E-state index in [1.54, 1.807) is 18.4 Å². The lowest BCUT2D eigenvalue weighted by molar-refractivity contribution is 0.181. The molecule has 3 nitrogen and oxygen atoms in total. The van der Waals surface area contributed by atoms with Crippen LogP contribution in [0, 0.1) is 6.92 Å². The number of halogens is 1. The highest BCUT2D eigenvalue weighted by Crippen LogP contribution is 2.31. The Labute approximate surface area is 132 Å². The highest BCUT2D eigenvalue weighted by Gasteiger charge is 2.12. The lowest BCUT2D eigenvalue weighted by atomic mass is 10.2. The molecule has 108 valence electrons. The van der Waals surface area contributed by atoms with Crippen molar-refractivity contribution in [2.75, 3.05) is 13.7 Å². The van der Waals surface area contributed by atoms with Gasteiger partial charge in [-0.1, -0.05) is 35.0 Å². The van der Waals surface area contributed by atoms with E-state index < -0.39 is 0 Å². The summed E-state index contributed by atoms with van der Waals surface area (Å²) in [7, 11) is 1.71. The maximum Gasteiger partial charge on any atom is 0.124 e. The number of nitrogens with one attached hydrogen (secondary N) is 1.